The van der Waals surface area contributed by atoms with Crippen molar-refractivity contribution in [3.05, 3.63) is 52.2 Å². The van der Waals surface area contributed by atoms with Crippen molar-refractivity contribution in [1.82, 2.24) is 4.90 Å². The van der Waals surface area contributed by atoms with Crippen molar-refractivity contribution in [3.63, 3.8) is 0 Å². The summed E-state index contributed by atoms with van der Waals surface area (Å²) >= 11 is 5.93. The van der Waals surface area contributed by atoms with Crippen LogP contribution in [0.4, 0.5) is 0 Å². The van der Waals surface area contributed by atoms with Gasteiger partial charge in [0.1, 0.15) is 0 Å². The summed E-state index contributed by atoms with van der Waals surface area (Å²) in [6.45, 7) is 2.04. The second-order valence-corrected chi connectivity index (χ2v) is 5.65. The van der Waals surface area contributed by atoms with Crippen LogP contribution in [0.2, 0.25) is 0 Å². The highest BCUT2D eigenvalue weighted by atomic mass is 32.1. The standard InChI is InChI=1S/C14H15NOS2/c1-10(13-7-4-8-18-13)15(2)14(16)11-5-3-6-12(17)9-11/h3-10,17H,1-2H3. The van der Waals surface area contributed by atoms with Crippen LogP contribution >= 0.6 is 24.0 Å². The molecule has 1 amide bonds. The molecular formula is C14H15NOS2. The minimum atomic E-state index is 0.0202. The van der Waals surface area contributed by atoms with Crippen LogP contribution in [0, 0.1) is 0 Å². The van der Waals surface area contributed by atoms with Crippen molar-refractivity contribution in [1.29, 1.82) is 0 Å². The highest BCUT2D eigenvalue weighted by Gasteiger charge is 2.19. The van der Waals surface area contributed by atoms with Gasteiger partial charge in [-0.2, -0.15) is 0 Å². The number of hydrogen-bond donors (Lipinski definition) is 1. The molecule has 0 radical (unpaired) electrons. The molecule has 4 heteroatoms. The average molecular weight is 277 g/mol. The molecule has 0 N–H and O–H groups in total. The third-order valence-electron chi connectivity index (χ3n) is 2.95. The Morgan fingerprint density at radius 2 is 2.11 bits per heavy atom. The number of nitrogens with zero attached hydrogens (tertiary/aromatic N) is 1. The van der Waals surface area contributed by atoms with Crippen LogP contribution in [0.15, 0.2) is 46.7 Å². The van der Waals surface area contributed by atoms with Crippen LogP contribution in [-0.4, -0.2) is 17.9 Å². The minimum Gasteiger partial charge on any atom is -0.334 e. The molecule has 2 rings (SSSR count). The van der Waals surface area contributed by atoms with E-state index in [-0.39, 0.29) is 11.9 Å². The van der Waals surface area contributed by atoms with E-state index in [1.807, 2.05) is 49.7 Å². The summed E-state index contributed by atoms with van der Waals surface area (Å²) < 4.78 is 0. The maximum atomic E-state index is 12.3. The first-order chi connectivity index (χ1) is 8.59. The summed E-state index contributed by atoms with van der Waals surface area (Å²) in [5.74, 6) is 0.0202. The number of hydrogen-bond acceptors (Lipinski definition) is 3. The molecule has 0 aliphatic rings. The van der Waals surface area contributed by atoms with Crippen molar-refractivity contribution in [3.8, 4) is 0 Å². The smallest absolute Gasteiger partial charge is 0.254 e. The van der Waals surface area contributed by atoms with Gasteiger partial charge in [0, 0.05) is 22.4 Å². The predicted molar refractivity (Wildman–Crippen MR) is 78.5 cm³/mol. The Hall–Kier alpha value is -1.26. The Kier molecular flexibility index (Phi) is 4.09. The van der Waals surface area contributed by atoms with E-state index in [0.29, 0.717) is 5.56 Å². The zero-order chi connectivity index (χ0) is 13.1. The van der Waals surface area contributed by atoms with E-state index in [1.54, 1.807) is 22.3 Å². The molecule has 18 heavy (non-hydrogen) atoms. The molecule has 2 aromatic rings. The molecule has 1 atom stereocenters. The maximum absolute atomic E-state index is 12.3. The fourth-order valence-electron chi connectivity index (χ4n) is 1.74. The van der Waals surface area contributed by atoms with Crippen LogP contribution in [0.5, 0.6) is 0 Å². The van der Waals surface area contributed by atoms with Gasteiger partial charge in [-0.3, -0.25) is 4.79 Å². The SMILES string of the molecule is CC(c1cccs1)N(C)C(=O)c1cccc(S)c1. The van der Waals surface area contributed by atoms with E-state index in [0.717, 1.165) is 4.90 Å². The van der Waals surface area contributed by atoms with Crippen LogP contribution in [0.3, 0.4) is 0 Å². The highest BCUT2D eigenvalue weighted by molar-refractivity contribution is 7.80. The molecule has 0 spiro atoms. The van der Waals surface area contributed by atoms with E-state index in [4.69, 9.17) is 0 Å². The van der Waals surface area contributed by atoms with Crippen molar-refractivity contribution >= 4 is 29.9 Å². The molecule has 0 saturated carbocycles. The number of thiophene rings is 1. The lowest BCUT2D eigenvalue weighted by Crippen LogP contribution is -2.29. The van der Waals surface area contributed by atoms with Crippen LogP contribution in [0.1, 0.15) is 28.2 Å². The first-order valence-corrected chi connectivity index (χ1v) is 7.02. The van der Waals surface area contributed by atoms with Crippen molar-refractivity contribution < 1.29 is 4.79 Å². The zero-order valence-corrected chi connectivity index (χ0v) is 12.0. The topological polar surface area (TPSA) is 20.3 Å². The third kappa shape index (κ3) is 2.76. The third-order valence-corrected chi connectivity index (χ3v) is 4.27. The van der Waals surface area contributed by atoms with Crippen LogP contribution in [-0.2, 0) is 0 Å². The quantitative estimate of drug-likeness (QED) is 0.844. The van der Waals surface area contributed by atoms with Crippen molar-refractivity contribution in [2.75, 3.05) is 7.05 Å². The molecule has 0 saturated heterocycles. The molecule has 0 fully saturated rings. The number of carbonyl (C=O) groups excluding carboxylic acids is 1. The van der Waals surface area contributed by atoms with Gasteiger partial charge in [0.25, 0.3) is 5.91 Å². The first-order valence-electron chi connectivity index (χ1n) is 5.69. The molecule has 0 bridgehead atoms. The van der Waals surface area contributed by atoms with Crippen molar-refractivity contribution in [2.45, 2.75) is 17.9 Å². The van der Waals surface area contributed by atoms with E-state index in [2.05, 4.69) is 12.6 Å². The molecule has 94 valence electrons. The Morgan fingerprint density at radius 3 is 2.72 bits per heavy atom. The van der Waals surface area contributed by atoms with Gasteiger partial charge < -0.3 is 4.90 Å². The van der Waals surface area contributed by atoms with Gasteiger partial charge in [0.2, 0.25) is 0 Å². The number of rotatable bonds is 3. The summed E-state index contributed by atoms with van der Waals surface area (Å²) in [7, 11) is 1.83. The molecule has 0 aliphatic heterocycles. The Morgan fingerprint density at radius 1 is 1.33 bits per heavy atom. The van der Waals surface area contributed by atoms with Gasteiger partial charge in [-0.25, -0.2) is 0 Å². The lowest BCUT2D eigenvalue weighted by molar-refractivity contribution is 0.0744. The number of thiol groups is 1. The number of carbonyl (C=O) groups is 1. The number of benzene rings is 1. The molecular weight excluding hydrogens is 262 g/mol. The van der Waals surface area contributed by atoms with Gasteiger partial charge in [-0.15, -0.1) is 24.0 Å². The Labute approximate surface area is 117 Å². The zero-order valence-electron chi connectivity index (χ0n) is 10.3. The van der Waals surface area contributed by atoms with Crippen molar-refractivity contribution in [2.24, 2.45) is 0 Å². The van der Waals surface area contributed by atoms with E-state index in [9.17, 15) is 4.79 Å². The Bertz CT molecular complexity index is 536. The number of amides is 1. The monoisotopic (exact) mass is 277 g/mol. The summed E-state index contributed by atoms with van der Waals surface area (Å²) in [6, 6.07) is 11.5. The molecule has 0 aliphatic carbocycles. The fraction of sp³-hybridized carbons (Fsp3) is 0.214. The molecule has 2 nitrogen and oxygen atoms in total. The molecule has 1 heterocycles. The van der Waals surface area contributed by atoms with E-state index >= 15 is 0 Å². The van der Waals surface area contributed by atoms with Gasteiger partial charge in [0.15, 0.2) is 0 Å². The summed E-state index contributed by atoms with van der Waals surface area (Å²) in [6.07, 6.45) is 0. The predicted octanol–water partition coefficient (Wildman–Crippen LogP) is 3.87. The van der Waals surface area contributed by atoms with Crippen LogP contribution < -0.4 is 0 Å². The summed E-state index contributed by atoms with van der Waals surface area (Å²) in [5.41, 5.74) is 0.674. The molecule has 1 aromatic heterocycles. The van der Waals surface area contributed by atoms with Crippen LogP contribution in [0.25, 0.3) is 0 Å². The lowest BCUT2D eigenvalue weighted by atomic mass is 10.1. The molecule has 1 aromatic carbocycles. The average Bonchev–Trinajstić information content (AvgIpc) is 2.90. The fourth-order valence-corrected chi connectivity index (χ4v) is 2.79. The lowest BCUT2D eigenvalue weighted by Gasteiger charge is -2.24. The maximum Gasteiger partial charge on any atom is 0.254 e. The Balaban J connectivity index is 2.19. The van der Waals surface area contributed by atoms with E-state index < -0.39 is 0 Å². The van der Waals surface area contributed by atoms with Gasteiger partial charge in [-0.05, 0) is 36.6 Å². The van der Waals surface area contributed by atoms with Gasteiger partial charge >= 0.3 is 0 Å². The second-order valence-electron chi connectivity index (χ2n) is 4.16. The first kappa shape index (κ1) is 13.2. The largest absolute Gasteiger partial charge is 0.334 e. The summed E-state index contributed by atoms with van der Waals surface area (Å²) in [5, 5.41) is 2.03. The molecule has 1 unspecified atom stereocenters. The van der Waals surface area contributed by atoms with Gasteiger partial charge in [-0.1, -0.05) is 12.1 Å². The van der Waals surface area contributed by atoms with Gasteiger partial charge in [0.05, 0.1) is 6.04 Å². The normalized spacial score (nSPS) is 12.2. The second kappa shape index (κ2) is 5.59. The van der Waals surface area contributed by atoms with E-state index in [1.165, 1.54) is 4.88 Å². The summed E-state index contributed by atoms with van der Waals surface area (Å²) in [4.78, 5) is 16.1. The highest BCUT2D eigenvalue weighted by Crippen LogP contribution is 2.25. The minimum absolute atomic E-state index is 0.0202.